The molecule has 0 spiro atoms. The first-order valence-electron chi connectivity index (χ1n) is 7.35. The summed E-state index contributed by atoms with van der Waals surface area (Å²) in [6.45, 7) is 0. The monoisotopic (exact) mass is 275 g/mol. The number of nitrogens with zero attached hydrogens (tertiary/aromatic N) is 1. The van der Waals surface area contributed by atoms with Gasteiger partial charge >= 0.3 is 0 Å². The number of pyridine rings is 1. The van der Waals surface area contributed by atoms with Crippen LogP contribution < -0.4 is 10.9 Å². The topological polar surface area (TPSA) is 65.2 Å². The predicted molar refractivity (Wildman–Crippen MR) is 76.7 cm³/mol. The number of fused-ring (bicyclic) bond motifs is 2. The summed E-state index contributed by atoms with van der Waals surface area (Å²) >= 11 is 0. The van der Waals surface area contributed by atoms with Crippen molar-refractivity contribution in [3.63, 3.8) is 0 Å². The summed E-state index contributed by atoms with van der Waals surface area (Å²) in [7, 11) is 2.20. The molecule has 2 saturated heterocycles. The Bertz CT molecular complexity index is 540. The maximum absolute atomic E-state index is 12.2. The maximum Gasteiger partial charge on any atom is 0.268 e. The number of amides is 1. The molecule has 1 aromatic rings. The Hall–Kier alpha value is -1.62. The van der Waals surface area contributed by atoms with Crippen LogP contribution in [-0.2, 0) is 0 Å². The number of aromatic nitrogens is 1. The summed E-state index contributed by atoms with van der Waals surface area (Å²) in [6, 6.07) is 6.06. The van der Waals surface area contributed by atoms with E-state index in [0.717, 1.165) is 12.8 Å². The summed E-state index contributed by atoms with van der Waals surface area (Å²) < 4.78 is 0. The molecule has 5 nitrogen and oxygen atoms in total. The lowest BCUT2D eigenvalue weighted by atomic mass is 9.82. The minimum atomic E-state index is -0.238. The second-order valence-corrected chi connectivity index (χ2v) is 5.97. The molecule has 108 valence electrons. The second-order valence-electron chi connectivity index (χ2n) is 5.97. The quantitative estimate of drug-likeness (QED) is 0.850. The Kier molecular flexibility index (Phi) is 3.61. The van der Waals surface area contributed by atoms with Gasteiger partial charge in [-0.05, 0) is 38.8 Å². The van der Waals surface area contributed by atoms with Crippen LogP contribution in [0.4, 0.5) is 0 Å². The molecule has 5 heteroatoms. The number of aromatic amines is 1. The molecule has 2 fully saturated rings. The van der Waals surface area contributed by atoms with Crippen LogP contribution in [0.5, 0.6) is 0 Å². The number of hydrogen-bond donors (Lipinski definition) is 2. The van der Waals surface area contributed by atoms with Crippen LogP contribution in [0.25, 0.3) is 0 Å². The third-order valence-corrected chi connectivity index (χ3v) is 4.69. The van der Waals surface area contributed by atoms with Gasteiger partial charge in [-0.2, -0.15) is 0 Å². The smallest absolute Gasteiger partial charge is 0.268 e. The van der Waals surface area contributed by atoms with E-state index in [-0.39, 0.29) is 17.5 Å². The van der Waals surface area contributed by atoms with Crippen molar-refractivity contribution in [2.45, 2.75) is 50.2 Å². The van der Waals surface area contributed by atoms with E-state index in [1.165, 1.54) is 25.3 Å². The highest BCUT2D eigenvalue weighted by Gasteiger charge is 2.36. The molecule has 20 heavy (non-hydrogen) atoms. The molecule has 0 saturated carbocycles. The largest absolute Gasteiger partial charge is 0.348 e. The number of rotatable bonds is 2. The van der Waals surface area contributed by atoms with E-state index < -0.39 is 0 Å². The number of H-pyrrole nitrogens is 1. The zero-order chi connectivity index (χ0) is 14.1. The highest BCUT2D eigenvalue weighted by atomic mass is 16.2. The van der Waals surface area contributed by atoms with Crippen molar-refractivity contribution in [1.82, 2.24) is 15.2 Å². The molecule has 2 bridgehead atoms. The molecular weight excluding hydrogens is 254 g/mol. The van der Waals surface area contributed by atoms with E-state index in [4.69, 9.17) is 0 Å². The summed E-state index contributed by atoms with van der Waals surface area (Å²) in [5, 5.41) is 3.08. The van der Waals surface area contributed by atoms with Crippen molar-refractivity contribution in [1.29, 1.82) is 0 Å². The number of carbonyl (C=O) groups excluding carboxylic acids is 1. The fraction of sp³-hybridized carbons (Fsp3) is 0.600. The lowest BCUT2D eigenvalue weighted by Gasteiger charge is -2.47. The van der Waals surface area contributed by atoms with E-state index in [9.17, 15) is 9.59 Å². The van der Waals surface area contributed by atoms with E-state index in [1.54, 1.807) is 12.1 Å². The molecule has 1 aromatic heterocycles. The van der Waals surface area contributed by atoms with Crippen LogP contribution >= 0.6 is 0 Å². The molecule has 2 N–H and O–H groups in total. The number of hydrogen-bond acceptors (Lipinski definition) is 3. The fourth-order valence-corrected chi connectivity index (χ4v) is 3.58. The van der Waals surface area contributed by atoms with Crippen molar-refractivity contribution in [3.05, 3.63) is 34.2 Å². The van der Waals surface area contributed by atoms with Gasteiger partial charge in [-0.1, -0.05) is 12.5 Å². The molecule has 0 aromatic carbocycles. The predicted octanol–water partition coefficient (Wildman–Crippen LogP) is 1.12. The van der Waals surface area contributed by atoms with Gasteiger partial charge < -0.3 is 15.2 Å². The first kappa shape index (κ1) is 13.4. The summed E-state index contributed by atoms with van der Waals surface area (Å²) in [6.07, 6.45) is 5.76. The van der Waals surface area contributed by atoms with Gasteiger partial charge in [0.25, 0.3) is 5.91 Å². The lowest BCUT2D eigenvalue weighted by Crippen LogP contribution is -2.55. The third kappa shape index (κ3) is 2.63. The highest BCUT2D eigenvalue weighted by molar-refractivity contribution is 5.92. The molecule has 1 amide bonds. The molecule has 0 aliphatic carbocycles. The molecule has 3 rings (SSSR count). The number of nitrogens with one attached hydrogen (secondary N) is 2. The van der Waals surface area contributed by atoms with Gasteiger partial charge in [-0.25, -0.2) is 0 Å². The first-order valence-corrected chi connectivity index (χ1v) is 7.35. The number of piperidine rings is 2. The van der Waals surface area contributed by atoms with Crippen LogP contribution in [0.15, 0.2) is 23.0 Å². The highest BCUT2D eigenvalue weighted by Crippen LogP contribution is 2.32. The normalized spacial score (nSPS) is 29.9. The molecular formula is C15H21N3O2. The fourth-order valence-electron chi connectivity index (χ4n) is 3.58. The molecule has 2 aliphatic rings. The molecule has 0 radical (unpaired) electrons. The van der Waals surface area contributed by atoms with Crippen LogP contribution in [0.3, 0.4) is 0 Å². The van der Waals surface area contributed by atoms with Crippen LogP contribution in [0.1, 0.15) is 42.6 Å². The lowest BCUT2D eigenvalue weighted by molar-refractivity contribution is 0.0462. The SMILES string of the molecule is CN1C2CCCC1CC(NC(=O)c1cccc(=O)[nH]1)C2. The van der Waals surface area contributed by atoms with E-state index >= 15 is 0 Å². The van der Waals surface area contributed by atoms with E-state index in [2.05, 4.69) is 22.2 Å². The van der Waals surface area contributed by atoms with Gasteiger partial charge in [-0.15, -0.1) is 0 Å². The van der Waals surface area contributed by atoms with Crippen LogP contribution in [0, 0.1) is 0 Å². The minimum absolute atomic E-state index is 0.171. The standard InChI is InChI=1S/C15H21N3O2/c1-18-11-4-2-5-12(18)9-10(8-11)16-15(20)13-6-3-7-14(19)17-13/h3,6-7,10-12H,2,4-5,8-9H2,1H3,(H,16,20)(H,17,19). The summed E-state index contributed by atoms with van der Waals surface area (Å²) in [4.78, 5) is 28.5. The van der Waals surface area contributed by atoms with Crippen molar-refractivity contribution in [3.8, 4) is 0 Å². The van der Waals surface area contributed by atoms with Gasteiger partial charge in [0.1, 0.15) is 5.69 Å². The Balaban J connectivity index is 1.66. The summed E-state index contributed by atoms with van der Waals surface area (Å²) in [5.74, 6) is -0.171. The van der Waals surface area contributed by atoms with Crippen LogP contribution in [-0.4, -0.2) is 41.0 Å². The first-order chi connectivity index (χ1) is 9.63. The molecule has 2 unspecified atom stereocenters. The van der Waals surface area contributed by atoms with Gasteiger partial charge in [-0.3, -0.25) is 9.59 Å². The Morgan fingerprint density at radius 1 is 1.30 bits per heavy atom. The zero-order valence-corrected chi connectivity index (χ0v) is 11.8. The average Bonchev–Trinajstić information content (AvgIpc) is 2.40. The van der Waals surface area contributed by atoms with Crippen molar-refractivity contribution >= 4 is 5.91 Å². The Morgan fingerprint density at radius 3 is 2.65 bits per heavy atom. The van der Waals surface area contributed by atoms with E-state index in [1.807, 2.05) is 0 Å². The molecule has 2 aliphatic heterocycles. The Morgan fingerprint density at radius 2 is 2.00 bits per heavy atom. The van der Waals surface area contributed by atoms with Crippen molar-refractivity contribution < 1.29 is 4.79 Å². The average molecular weight is 275 g/mol. The van der Waals surface area contributed by atoms with Gasteiger partial charge in [0.05, 0.1) is 0 Å². The van der Waals surface area contributed by atoms with Gasteiger partial charge in [0.15, 0.2) is 0 Å². The summed E-state index contributed by atoms with van der Waals surface area (Å²) in [5.41, 5.74) is 0.111. The van der Waals surface area contributed by atoms with Gasteiger partial charge in [0, 0.05) is 24.2 Å². The van der Waals surface area contributed by atoms with E-state index in [0.29, 0.717) is 17.8 Å². The van der Waals surface area contributed by atoms with Gasteiger partial charge in [0.2, 0.25) is 5.56 Å². The molecule has 3 heterocycles. The van der Waals surface area contributed by atoms with Crippen LogP contribution in [0.2, 0.25) is 0 Å². The third-order valence-electron chi connectivity index (χ3n) is 4.69. The van der Waals surface area contributed by atoms with Crippen molar-refractivity contribution in [2.75, 3.05) is 7.05 Å². The second kappa shape index (κ2) is 5.40. The Labute approximate surface area is 118 Å². The minimum Gasteiger partial charge on any atom is -0.348 e. The number of carbonyl (C=O) groups is 1. The van der Waals surface area contributed by atoms with Crippen molar-refractivity contribution in [2.24, 2.45) is 0 Å². The molecule has 2 atom stereocenters. The maximum atomic E-state index is 12.2. The zero-order valence-electron chi connectivity index (χ0n) is 11.8.